The van der Waals surface area contributed by atoms with Gasteiger partial charge in [-0.3, -0.25) is 9.59 Å². The van der Waals surface area contributed by atoms with Gasteiger partial charge in [-0.25, -0.2) is 0 Å². The summed E-state index contributed by atoms with van der Waals surface area (Å²) >= 11 is 0. The van der Waals surface area contributed by atoms with Gasteiger partial charge in [0.2, 0.25) is 12.6 Å². The Hall–Kier alpha value is -4.26. The van der Waals surface area contributed by atoms with Crippen LogP contribution < -0.4 is 19.6 Å². The number of hydrogen-bond donors (Lipinski definition) is 0. The number of rotatable bonds is 7. The topological polar surface area (TPSA) is 78.2 Å². The Kier molecular flexibility index (Phi) is 6.29. The van der Waals surface area contributed by atoms with Crippen LogP contribution in [0.15, 0.2) is 63.8 Å². The fourth-order valence-corrected chi connectivity index (χ4v) is 5.21. The summed E-state index contributed by atoms with van der Waals surface area (Å²) in [6.07, 6.45) is 0.930. The van der Waals surface area contributed by atoms with Crippen molar-refractivity contribution in [1.29, 1.82) is 0 Å². The number of benzene rings is 3. The predicted molar refractivity (Wildman–Crippen MR) is 148 cm³/mol. The fraction of sp³-hybridized carbons (Fsp3) is 0.312. The number of ether oxygens (including phenoxy) is 3. The zero-order valence-electron chi connectivity index (χ0n) is 22.6. The average Bonchev–Trinajstić information content (AvgIpc) is 3.48. The molecule has 39 heavy (non-hydrogen) atoms. The van der Waals surface area contributed by atoms with E-state index in [2.05, 4.69) is 13.8 Å². The predicted octanol–water partition coefficient (Wildman–Crippen LogP) is 6.31. The smallest absolute Gasteiger partial charge is 0.291 e. The van der Waals surface area contributed by atoms with Gasteiger partial charge in [-0.05, 0) is 84.8 Å². The molecule has 3 aromatic carbocycles. The lowest BCUT2D eigenvalue weighted by Gasteiger charge is -2.25. The van der Waals surface area contributed by atoms with E-state index >= 15 is 0 Å². The highest BCUT2D eigenvalue weighted by molar-refractivity contribution is 5.99. The van der Waals surface area contributed by atoms with Crippen molar-refractivity contribution >= 4 is 16.9 Å². The summed E-state index contributed by atoms with van der Waals surface area (Å²) in [5.41, 5.74) is 4.23. The van der Waals surface area contributed by atoms with E-state index < -0.39 is 6.04 Å². The molecule has 0 saturated heterocycles. The zero-order chi connectivity index (χ0) is 27.3. The molecule has 0 aliphatic carbocycles. The van der Waals surface area contributed by atoms with Gasteiger partial charge in [0.05, 0.1) is 23.6 Å². The van der Waals surface area contributed by atoms with Crippen LogP contribution in [0.5, 0.6) is 17.2 Å². The summed E-state index contributed by atoms with van der Waals surface area (Å²) in [6, 6.07) is 16.3. The van der Waals surface area contributed by atoms with Crippen LogP contribution in [0, 0.1) is 19.8 Å². The van der Waals surface area contributed by atoms with Crippen LogP contribution in [0.3, 0.4) is 0 Å². The van der Waals surface area contributed by atoms with Gasteiger partial charge in [0.25, 0.3) is 5.91 Å². The molecule has 0 bridgehead atoms. The third kappa shape index (κ3) is 4.52. The highest BCUT2D eigenvalue weighted by Crippen LogP contribution is 2.41. The maximum atomic E-state index is 14.0. The van der Waals surface area contributed by atoms with Crippen molar-refractivity contribution in [3.05, 3.63) is 98.4 Å². The molecular weight excluding hydrogens is 494 g/mol. The first-order valence-corrected chi connectivity index (χ1v) is 13.3. The number of hydrogen-bond acceptors (Lipinski definition) is 6. The maximum absolute atomic E-state index is 14.0. The number of carbonyl (C=O) groups is 1. The molecule has 1 amide bonds. The molecule has 0 fully saturated rings. The lowest BCUT2D eigenvalue weighted by Crippen LogP contribution is -2.29. The van der Waals surface area contributed by atoms with E-state index in [0.29, 0.717) is 46.3 Å². The molecule has 1 aromatic heterocycles. The molecule has 2 aliphatic rings. The average molecular weight is 526 g/mol. The number of amides is 1. The van der Waals surface area contributed by atoms with Crippen molar-refractivity contribution in [3.63, 3.8) is 0 Å². The molecule has 3 heterocycles. The fourth-order valence-electron chi connectivity index (χ4n) is 5.21. The third-order valence-corrected chi connectivity index (χ3v) is 7.51. The van der Waals surface area contributed by atoms with E-state index in [0.717, 1.165) is 28.7 Å². The quantitative estimate of drug-likeness (QED) is 0.281. The monoisotopic (exact) mass is 525 g/mol. The Morgan fingerprint density at radius 3 is 2.59 bits per heavy atom. The summed E-state index contributed by atoms with van der Waals surface area (Å²) < 4.78 is 23.2. The summed E-state index contributed by atoms with van der Waals surface area (Å²) in [6.45, 7) is 9.26. The van der Waals surface area contributed by atoms with Crippen LogP contribution in [-0.4, -0.2) is 24.2 Å². The largest absolute Gasteiger partial charge is 0.494 e. The van der Waals surface area contributed by atoms with Gasteiger partial charge in [-0.1, -0.05) is 32.0 Å². The van der Waals surface area contributed by atoms with Crippen molar-refractivity contribution in [2.45, 2.75) is 46.7 Å². The van der Waals surface area contributed by atoms with E-state index in [4.69, 9.17) is 18.6 Å². The third-order valence-electron chi connectivity index (χ3n) is 7.51. The van der Waals surface area contributed by atoms with Crippen LogP contribution in [0.4, 0.5) is 0 Å². The zero-order valence-corrected chi connectivity index (χ0v) is 22.6. The highest BCUT2D eigenvalue weighted by atomic mass is 16.7. The molecule has 0 N–H and O–H groups in total. The molecule has 1 unspecified atom stereocenters. The van der Waals surface area contributed by atoms with Gasteiger partial charge in [-0.2, -0.15) is 0 Å². The minimum Gasteiger partial charge on any atom is -0.494 e. The number of carbonyl (C=O) groups excluding carboxylic acids is 1. The second-order valence-corrected chi connectivity index (χ2v) is 10.7. The molecular formula is C32H31NO6. The van der Waals surface area contributed by atoms with E-state index in [9.17, 15) is 9.59 Å². The second-order valence-electron chi connectivity index (χ2n) is 10.7. The maximum Gasteiger partial charge on any atom is 0.291 e. The van der Waals surface area contributed by atoms with Crippen molar-refractivity contribution in [2.75, 3.05) is 13.4 Å². The Balaban J connectivity index is 1.46. The van der Waals surface area contributed by atoms with Gasteiger partial charge in [0.15, 0.2) is 16.9 Å². The second kappa shape index (κ2) is 9.80. The lowest BCUT2D eigenvalue weighted by atomic mass is 9.97. The first-order chi connectivity index (χ1) is 18.8. The first-order valence-electron chi connectivity index (χ1n) is 13.3. The SMILES string of the molecule is Cc1cc2oc3c(c(=O)c2cc1C)C(c1cccc(OCCC(C)C)c1)N(Cc1ccc2c(c1)OCO2)C3=O. The molecule has 6 rings (SSSR count). The van der Waals surface area contributed by atoms with Gasteiger partial charge in [0.1, 0.15) is 11.3 Å². The van der Waals surface area contributed by atoms with Gasteiger partial charge in [0, 0.05) is 6.54 Å². The first kappa shape index (κ1) is 25.0. The molecule has 4 aromatic rings. The van der Waals surface area contributed by atoms with Crippen molar-refractivity contribution < 1.29 is 23.4 Å². The van der Waals surface area contributed by atoms with Gasteiger partial charge < -0.3 is 23.5 Å². The van der Waals surface area contributed by atoms with Crippen LogP contribution in [0.25, 0.3) is 11.0 Å². The van der Waals surface area contributed by atoms with Crippen LogP contribution in [-0.2, 0) is 6.54 Å². The van der Waals surface area contributed by atoms with Gasteiger partial charge in [-0.15, -0.1) is 0 Å². The molecule has 0 saturated carbocycles. The Bertz CT molecular complexity index is 1650. The highest BCUT2D eigenvalue weighted by Gasteiger charge is 2.43. The Morgan fingerprint density at radius 1 is 0.974 bits per heavy atom. The van der Waals surface area contributed by atoms with Crippen LogP contribution in [0.1, 0.15) is 64.7 Å². The summed E-state index contributed by atoms with van der Waals surface area (Å²) in [7, 11) is 0. The number of nitrogens with zero attached hydrogens (tertiary/aromatic N) is 1. The van der Waals surface area contributed by atoms with Gasteiger partial charge >= 0.3 is 0 Å². The summed E-state index contributed by atoms with van der Waals surface area (Å²) in [4.78, 5) is 29.6. The minimum atomic E-state index is -0.631. The van der Waals surface area contributed by atoms with E-state index in [-0.39, 0.29) is 30.4 Å². The van der Waals surface area contributed by atoms with Crippen molar-refractivity contribution in [2.24, 2.45) is 5.92 Å². The van der Waals surface area contributed by atoms with Crippen LogP contribution >= 0.6 is 0 Å². The summed E-state index contributed by atoms with van der Waals surface area (Å²) in [5, 5.41) is 0.476. The van der Waals surface area contributed by atoms with E-state index in [1.807, 2.05) is 68.4 Å². The minimum absolute atomic E-state index is 0.0904. The van der Waals surface area contributed by atoms with E-state index in [1.165, 1.54) is 0 Å². The van der Waals surface area contributed by atoms with E-state index in [1.54, 1.807) is 4.90 Å². The number of fused-ring (bicyclic) bond motifs is 3. The lowest BCUT2D eigenvalue weighted by molar-refractivity contribution is 0.0714. The molecule has 0 radical (unpaired) electrons. The summed E-state index contributed by atoms with van der Waals surface area (Å²) in [5.74, 6) is 2.30. The molecule has 7 nitrogen and oxygen atoms in total. The van der Waals surface area contributed by atoms with Crippen molar-refractivity contribution in [1.82, 2.24) is 4.90 Å². The molecule has 2 aliphatic heterocycles. The van der Waals surface area contributed by atoms with Crippen LogP contribution in [0.2, 0.25) is 0 Å². The Morgan fingerprint density at radius 2 is 1.77 bits per heavy atom. The molecule has 0 spiro atoms. The normalized spacial score (nSPS) is 15.9. The molecule has 1 atom stereocenters. The van der Waals surface area contributed by atoms with Crippen molar-refractivity contribution in [3.8, 4) is 17.2 Å². The Labute approximate surface area is 226 Å². The molecule has 7 heteroatoms. The number of aryl methyl sites for hydroxylation is 2. The molecule has 200 valence electrons. The standard InChI is InChI=1S/C32H31NO6/c1-18(2)10-11-36-23-7-5-6-22(15-23)29-28-30(34)24-12-19(3)20(4)13-26(24)39-31(28)32(35)33(29)16-21-8-9-25-27(14-21)38-17-37-25/h5-9,12-15,18,29H,10-11,16-17H2,1-4H3.